The van der Waals surface area contributed by atoms with Crippen molar-refractivity contribution < 1.29 is 13.2 Å². The minimum Gasteiger partial charge on any atom is -0.381 e. The molecule has 1 amide bonds. The fourth-order valence-electron chi connectivity index (χ4n) is 2.81. The van der Waals surface area contributed by atoms with Crippen LogP contribution in [0.3, 0.4) is 0 Å². The summed E-state index contributed by atoms with van der Waals surface area (Å²) in [6.45, 7) is 1.30. The van der Waals surface area contributed by atoms with Crippen molar-refractivity contribution in [3.8, 4) is 0 Å². The summed E-state index contributed by atoms with van der Waals surface area (Å²) in [5.74, 6) is -0.729. The Morgan fingerprint density at radius 3 is 2.43 bits per heavy atom. The van der Waals surface area contributed by atoms with Crippen molar-refractivity contribution in [2.45, 2.75) is 43.5 Å². The highest BCUT2D eigenvalue weighted by Crippen LogP contribution is 2.31. The first-order valence-corrected chi connectivity index (χ1v) is 8.28. The number of hydrogen-bond acceptors (Lipinski definition) is 5. The van der Waals surface area contributed by atoms with E-state index in [-0.39, 0.29) is 23.3 Å². The van der Waals surface area contributed by atoms with Crippen LogP contribution in [0.25, 0.3) is 0 Å². The fourth-order valence-corrected chi connectivity index (χ4v) is 4.75. The molecule has 118 valence electrons. The molecule has 0 bridgehead atoms. The van der Waals surface area contributed by atoms with Gasteiger partial charge in [0.1, 0.15) is 4.90 Å². The van der Waals surface area contributed by atoms with Gasteiger partial charge in [-0.2, -0.15) is 9.40 Å². The van der Waals surface area contributed by atoms with Gasteiger partial charge in [0.25, 0.3) is 0 Å². The van der Waals surface area contributed by atoms with E-state index >= 15 is 0 Å². The molecular formula is C12H21N5O3S. The predicted molar refractivity (Wildman–Crippen MR) is 77.7 cm³/mol. The summed E-state index contributed by atoms with van der Waals surface area (Å²) in [7, 11) is -2.27. The molecular weight excluding hydrogens is 294 g/mol. The first-order chi connectivity index (χ1) is 9.75. The summed E-state index contributed by atoms with van der Waals surface area (Å²) in [6, 6.07) is -0.207. The standard InChI is InChI=1S/C12H21N5O3S/c1-8-11(12(14)15-16(8)2)21(19,20)17(7-10(13)18)9-5-3-4-6-9/h9H,3-7H2,1-2H3,(H2,13,18)(H2,14,15). The Morgan fingerprint density at radius 1 is 1.43 bits per heavy atom. The van der Waals surface area contributed by atoms with Gasteiger partial charge >= 0.3 is 0 Å². The molecule has 8 nitrogen and oxygen atoms in total. The fraction of sp³-hybridized carbons (Fsp3) is 0.667. The lowest BCUT2D eigenvalue weighted by atomic mass is 10.2. The molecule has 9 heteroatoms. The lowest BCUT2D eigenvalue weighted by Crippen LogP contribution is -2.44. The topological polar surface area (TPSA) is 124 Å². The van der Waals surface area contributed by atoms with Crippen LogP contribution in [0.5, 0.6) is 0 Å². The SMILES string of the molecule is Cc1c(S(=O)(=O)N(CC(N)=O)C2CCCC2)c(N)nn1C. The Kier molecular flexibility index (Phi) is 4.24. The summed E-state index contributed by atoms with van der Waals surface area (Å²) in [5.41, 5.74) is 11.4. The molecule has 1 aromatic rings. The Labute approximate surface area is 124 Å². The molecule has 1 aromatic heterocycles. The van der Waals surface area contributed by atoms with Crippen molar-refractivity contribution >= 4 is 21.7 Å². The van der Waals surface area contributed by atoms with Crippen LogP contribution in [-0.2, 0) is 21.9 Å². The van der Waals surface area contributed by atoms with Gasteiger partial charge in [-0.25, -0.2) is 8.42 Å². The predicted octanol–water partition coefficient (Wildman–Crippen LogP) is -0.271. The van der Waals surface area contributed by atoms with Gasteiger partial charge in [-0.3, -0.25) is 9.48 Å². The molecule has 0 unspecified atom stereocenters. The number of rotatable bonds is 5. The van der Waals surface area contributed by atoms with Crippen molar-refractivity contribution in [2.75, 3.05) is 12.3 Å². The van der Waals surface area contributed by atoms with Crippen molar-refractivity contribution in [1.82, 2.24) is 14.1 Å². The third-order valence-electron chi connectivity index (χ3n) is 3.91. The maximum atomic E-state index is 12.9. The van der Waals surface area contributed by atoms with Crippen LogP contribution in [0.15, 0.2) is 4.90 Å². The first-order valence-electron chi connectivity index (χ1n) is 6.84. The van der Waals surface area contributed by atoms with Crippen molar-refractivity contribution in [3.63, 3.8) is 0 Å². The number of carbonyl (C=O) groups excluding carboxylic acids is 1. The van der Waals surface area contributed by atoms with Gasteiger partial charge < -0.3 is 11.5 Å². The Bertz CT molecular complexity index is 646. The van der Waals surface area contributed by atoms with E-state index in [1.807, 2.05) is 0 Å². The second-order valence-electron chi connectivity index (χ2n) is 5.38. The zero-order valence-corrected chi connectivity index (χ0v) is 13.1. The smallest absolute Gasteiger partial charge is 0.249 e. The third kappa shape index (κ3) is 2.88. The van der Waals surface area contributed by atoms with Crippen LogP contribution in [0.2, 0.25) is 0 Å². The maximum absolute atomic E-state index is 12.9. The van der Waals surface area contributed by atoms with E-state index in [1.54, 1.807) is 14.0 Å². The van der Waals surface area contributed by atoms with Gasteiger partial charge in [0, 0.05) is 13.1 Å². The third-order valence-corrected chi connectivity index (χ3v) is 5.98. The van der Waals surface area contributed by atoms with E-state index in [9.17, 15) is 13.2 Å². The van der Waals surface area contributed by atoms with Gasteiger partial charge in [-0.05, 0) is 19.8 Å². The highest BCUT2D eigenvalue weighted by atomic mass is 32.2. The number of hydrogen-bond donors (Lipinski definition) is 2. The number of sulfonamides is 1. The highest BCUT2D eigenvalue weighted by molar-refractivity contribution is 7.89. The first kappa shape index (κ1) is 15.8. The van der Waals surface area contributed by atoms with Gasteiger partial charge in [0.15, 0.2) is 5.82 Å². The Hall–Kier alpha value is -1.61. The number of nitrogens with zero attached hydrogens (tertiary/aromatic N) is 3. The summed E-state index contributed by atoms with van der Waals surface area (Å²) >= 11 is 0. The van der Waals surface area contributed by atoms with Gasteiger partial charge in [0.2, 0.25) is 15.9 Å². The van der Waals surface area contributed by atoms with E-state index in [4.69, 9.17) is 11.5 Å². The number of nitrogen functional groups attached to an aromatic ring is 1. The van der Waals surface area contributed by atoms with Crippen molar-refractivity contribution in [1.29, 1.82) is 0 Å². The summed E-state index contributed by atoms with van der Waals surface area (Å²) < 4.78 is 28.4. The van der Waals surface area contributed by atoms with Crippen LogP contribution in [0.1, 0.15) is 31.4 Å². The van der Waals surface area contributed by atoms with Crippen molar-refractivity contribution in [2.24, 2.45) is 12.8 Å². The number of nitrogens with two attached hydrogens (primary N) is 2. The average Bonchev–Trinajstić information content (AvgIpc) is 2.95. The lowest BCUT2D eigenvalue weighted by Gasteiger charge is -2.26. The van der Waals surface area contributed by atoms with Gasteiger partial charge in [0.05, 0.1) is 12.2 Å². The van der Waals surface area contributed by atoms with E-state index < -0.39 is 15.9 Å². The Morgan fingerprint density at radius 2 is 2.00 bits per heavy atom. The molecule has 0 saturated heterocycles. The normalized spacial score (nSPS) is 16.7. The summed E-state index contributed by atoms with van der Waals surface area (Å²) in [5, 5.41) is 3.94. The minimum atomic E-state index is -3.90. The molecule has 1 aliphatic rings. The molecule has 21 heavy (non-hydrogen) atoms. The second-order valence-corrected chi connectivity index (χ2v) is 7.21. The Balaban J connectivity index is 2.48. The highest BCUT2D eigenvalue weighted by Gasteiger charge is 2.37. The minimum absolute atomic E-state index is 0.0295. The second kappa shape index (κ2) is 5.64. The number of aromatic nitrogens is 2. The van der Waals surface area contributed by atoms with Crippen LogP contribution in [0.4, 0.5) is 5.82 Å². The lowest BCUT2D eigenvalue weighted by molar-refractivity contribution is -0.118. The average molecular weight is 315 g/mol. The zero-order chi connectivity index (χ0) is 15.8. The van der Waals surface area contributed by atoms with Crippen LogP contribution in [-0.4, -0.2) is 41.0 Å². The van der Waals surface area contributed by atoms with Gasteiger partial charge in [-0.15, -0.1) is 0 Å². The molecule has 2 rings (SSSR count). The molecule has 0 aromatic carbocycles. The maximum Gasteiger partial charge on any atom is 0.249 e. The van der Waals surface area contributed by atoms with Crippen LogP contribution in [0, 0.1) is 6.92 Å². The van der Waals surface area contributed by atoms with E-state index in [1.165, 1.54) is 8.99 Å². The monoisotopic (exact) mass is 315 g/mol. The van der Waals surface area contributed by atoms with Crippen molar-refractivity contribution in [3.05, 3.63) is 5.69 Å². The molecule has 0 spiro atoms. The summed E-state index contributed by atoms with van der Waals surface area (Å²) in [4.78, 5) is 11.3. The number of aryl methyl sites for hydroxylation is 1. The molecule has 1 fully saturated rings. The van der Waals surface area contributed by atoms with E-state index in [0.29, 0.717) is 5.69 Å². The molecule has 0 aliphatic heterocycles. The molecule has 1 heterocycles. The largest absolute Gasteiger partial charge is 0.381 e. The van der Waals surface area contributed by atoms with Crippen LogP contribution < -0.4 is 11.5 Å². The molecule has 4 N–H and O–H groups in total. The molecule has 1 aliphatic carbocycles. The van der Waals surface area contributed by atoms with Crippen LogP contribution >= 0.6 is 0 Å². The molecule has 0 atom stereocenters. The summed E-state index contributed by atoms with van der Waals surface area (Å²) in [6.07, 6.45) is 3.34. The molecule has 1 saturated carbocycles. The van der Waals surface area contributed by atoms with Gasteiger partial charge in [-0.1, -0.05) is 12.8 Å². The quantitative estimate of drug-likeness (QED) is 0.774. The van der Waals surface area contributed by atoms with E-state index in [0.717, 1.165) is 25.7 Å². The van der Waals surface area contributed by atoms with E-state index in [2.05, 4.69) is 5.10 Å². The number of primary amides is 1. The molecule has 0 radical (unpaired) electrons. The number of carbonyl (C=O) groups is 1. The zero-order valence-electron chi connectivity index (χ0n) is 12.2. The number of amides is 1. The number of anilines is 1.